The maximum atomic E-state index is 11.5. The Morgan fingerprint density at radius 3 is 2.19 bits per heavy atom. The molecule has 124 valence electrons. The lowest BCUT2D eigenvalue weighted by Crippen LogP contribution is -2.52. The van der Waals surface area contributed by atoms with E-state index in [2.05, 4.69) is 6.92 Å². The van der Waals surface area contributed by atoms with Crippen LogP contribution in [0.2, 0.25) is 0 Å². The summed E-state index contributed by atoms with van der Waals surface area (Å²) in [4.78, 5) is 0. The smallest absolute Gasteiger partial charge is 0.0715 e. The molecule has 2 nitrogen and oxygen atoms in total. The topological polar surface area (TPSA) is 46.2 Å². The molecule has 0 bridgehead atoms. The lowest BCUT2D eigenvalue weighted by atomic mass is 9.62. The zero-order chi connectivity index (χ0) is 15.2. The SMILES string of the molecule is CCCC1CCCC(O)(C2(CN)CCCCCCC2)CC1. The van der Waals surface area contributed by atoms with Crippen LogP contribution >= 0.6 is 0 Å². The fraction of sp³-hybridized carbons (Fsp3) is 1.00. The molecule has 2 fully saturated rings. The highest BCUT2D eigenvalue weighted by Gasteiger charge is 2.48. The van der Waals surface area contributed by atoms with E-state index in [1.165, 1.54) is 64.2 Å². The molecule has 2 unspecified atom stereocenters. The van der Waals surface area contributed by atoms with Gasteiger partial charge in [-0.3, -0.25) is 0 Å². The summed E-state index contributed by atoms with van der Waals surface area (Å²) < 4.78 is 0. The molecular formula is C19H37NO. The van der Waals surface area contributed by atoms with Gasteiger partial charge in [-0.1, -0.05) is 64.7 Å². The van der Waals surface area contributed by atoms with Gasteiger partial charge in [0.15, 0.2) is 0 Å². The third-order valence-electron chi connectivity index (χ3n) is 6.55. The zero-order valence-corrected chi connectivity index (χ0v) is 14.2. The van der Waals surface area contributed by atoms with E-state index >= 15 is 0 Å². The fourth-order valence-electron chi connectivity index (χ4n) is 5.06. The van der Waals surface area contributed by atoms with Crippen LogP contribution in [0.3, 0.4) is 0 Å². The first-order chi connectivity index (χ1) is 10.2. The average molecular weight is 296 g/mol. The molecule has 3 N–H and O–H groups in total. The van der Waals surface area contributed by atoms with Gasteiger partial charge in [0, 0.05) is 12.0 Å². The predicted molar refractivity (Wildman–Crippen MR) is 90.2 cm³/mol. The monoisotopic (exact) mass is 295 g/mol. The Morgan fingerprint density at radius 2 is 1.57 bits per heavy atom. The lowest BCUT2D eigenvalue weighted by molar-refractivity contribution is -0.105. The van der Waals surface area contributed by atoms with E-state index in [1.54, 1.807) is 0 Å². The second kappa shape index (κ2) is 7.97. The third kappa shape index (κ3) is 4.01. The molecule has 0 amide bonds. The summed E-state index contributed by atoms with van der Waals surface area (Å²) in [6, 6.07) is 0. The molecule has 2 atom stereocenters. The molecule has 0 heterocycles. The molecule has 0 aromatic rings. The van der Waals surface area contributed by atoms with Crippen LogP contribution in [0.15, 0.2) is 0 Å². The van der Waals surface area contributed by atoms with Gasteiger partial charge >= 0.3 is 0 Å². The number of aliphatic hydroxyl groups is 1. The molecule has 0 aromatic carbocycles. The molecule has 2 heteroatoms. The molecular weight excluding hydrogens is 258 g/mol. The van der Waals surface area contributed by atoms with Crippen molar-refractivity contribution in [2.24, 2.45) is 17.1 Å². The average Bonchev–Trinajstić information content (AvgIpc) is 2.63. The molecule has 2 rings (SSSR count). The van der Waals surface area contributed by atoms with Gasteiger partial charge in [-0.2, -0.15) is 0 Å². The summed E-state index contributed by atoms with van der Waals surface area (Å²) in [6.07, 6.45) is 17.2. The van der Waals surface area contributed by atoms with E-state index in [9.17, 15) is 5.11 Å². The first kappa shape index (κ1) is 17.3. The maximum Gasteiger partial charge on any atom is 0.0715 e. The molecule has 21 heavy (non-hydrogen) atoms. The summed E-state index contributed by atoms with van der Waals surface area (Å²) in [6.45, 7) is 2.97. The highest BCUT2D eigenvalue weighted by molar-refractivity contribution is 5.01. The van der Waals surface area contributed by atoms with E-state index in [-0.39, 0.29) is 5.41 Å². The van der Waals surface area contributed by atoms with Crippen molar-refractivity contribution in [3.05, 3.63) is 0 Å². The van der Waals surface area contributed by atoms with Crippen LogP contribution in [0.5, 0.6) is 0 Å². The van der Waals surface area contributed by atoms with E-state index in [1.807, 2.05) is 0 Å². The highest BCUT2D eigenvalue weighted by Crippen LogP contribution is 2.49. The highest BCUT2D eigenvalue weighted by atomic mass is 16.3. The van der Waals surface area contributed by atoms with Gasteiger partial charge < -0.3 is 10.8 Å². The second-order valence-corrected chi connectivity index (χ2v) is 7.87. The van der Waals surface area contributed by atoms with Gasteiger partial charge in [0.05, 0.1) is 5.60 Å². The van der Waals surface area contributed by atoms with E-state index in [0.29, 0.717) is 6.54 Å². The molecule has 0 aromatic heterocycles. The van der Waals surface area contributed by atoms with Crippen molar-refractivity contribution in [1.82, 2.24) is 0 Å². The number of nitrogens with two attached hydrogens (primary N) is 1. The quantitative estimate of drug-likeness (QED) is 0.733. The molecule has 0 radical (unpaired) electrons. The Morgan fingerprint density at radius 1 is 0.905 bits per heavy atom. The molecule has 2 aliphatic carbocycles. The first-order valence-electron chi connectivity index (χ1n) is 9.58. The Bertz CT molecular complexity index is 296. The van der Waals surface area contributed by atoms with Gasteiger partial charge in [-0.15, -0.1) is 0 Å². The first-order valence-corrected chi connectivity index (χ1v) is 9.58. The van der Waals surface area contributed by atoms with E-state index in [0.717, 1.165) is 31.6 Å². The Balaban J connectivity index is 2.10. The van der Waals surface area contributed by atoms with Crippen molar-refractivity contribution in [3.63, 3.8) is 0 Å². The fourth-order valence-corrected chi connectivity index (χ4v) is 5.06. The van der Waals surface area contributed by atoms with Gasteiger partial charge in [0.25, 0.3) is 0 Å². The van der Waals surface area contributed by atoms with Crippen molar-refractivity contribution in [1.29, 1.82) is 0 Å². The van der Waals surface area contributed by atoms with Crippen LogP contribution in [0, 0.1) is 11.3 Å². The van der Waals surface area contributed by atoms with E-state index in [4.69, 9.17) is 5.73 Å². The summed E-state index contributed by atoms with van der Waals surface area (Å²) in [5, 5.41) is 11.5. The molecule has 0 spiro atoms. The van der Waals surface area contributed by atoms with Crippen molar-refractivity contribution in [2.75, 3.05) is 6.54 Å². The zero-order valence-electron chi connectivity index (χ0n) is 14.2. The van der Waals surface area contributed by atoms with Crippen LogP contribution in [-0.4, -0.2) is 17.3 Å². The standard InChI is InChI=1S/C19H37NO/c1-2-9-17-10-8-14-19(21,15-11-17)18(16-20)12-6-4-3-5-7-13-18/h17,21H,2-16,20H2,1H3. The third-order valence-corrected chi connectivity index (χ3v) is 6.55. The van der Waals surface area contributed by atoms with Crippen LogP contribution in [0.1, 0.15) is 96.8 Å². The summed E-state index contributed by atoms with van der Waals surface area (Å²) in [5.74, 6) is 0.840. The minimum atomic E-state index is -0.485. The lowest BCUT2D eigenvalue weighted by Gasteiger charge is -2.48. The molecule has 2 saturated carbocycles. The molecule has 2 aliphatic rings. The Kier molecular flexibility index (Phi) is 6.55. The normalized spacial score (nSPS) is 34.7. The van der Waals surface area contributed by atoms with Crippen molar-refractivity contribution >= 4 is 0 Å². The molecule has 0 aliphatic heterocycles. The van der Waals surface area contributed by atoms with Gasteiger partial charge in [-0.25, -0.2) is 0 Å². The largest absolute Gasteiger partial charge is 0.389 e. The van der Waals surface area contributed by atoms with Gasteiger partial charge in [-0.05, 0) is 38.0 Å². The Hall–Kier alpha value is -0.0800. The summed E-state index contributed by atoms with van der Waals surface area (Å²) in [7, 11) is 0. The van der Waals surface area contributed by atoms with Crippen molar-refractivity contribution < 1.29 is 5.11 Å². The number of hydrogen-bond acceptors (Lipinski definition) is 2. The second-order valence-electron chi connectivity index (χ2n) is 7.87. The summed E-state index contributed by atoms with van der Waals surface area (Å²) in [5.41, 5.74) is 5.78. The van der Waals surface area contributed by atoms with Gasteiger partial charge in [0.2, 0.25) is 0 Å². The van der Waals surface area contributed by atoms with Crippen LogP contribution in [0.25, 0.3) is 0 Å². The minimum absolute atomic E-state index is 0.00846. The van der Waals surface area contributed by atoms with E-state index < -0.39 is 5.60 Å². The number of hydrogen-bond donors (Lipinski definition) is 2. The summed E-state index contributed by atoms with van der Waals surface area (Å²) >= 11 is 0. The van der Waals surface area contributed by atoms with Gasteiger partial charge in [0.1, 0.15) is 0 Å². The molecule has 0 saturated heterocycles. The minimum Gasteiger partial charge on any atom is -0.389 e. The van der Waals surface area contributed by atoms with Crippen LogP contribution in [-0.2, 0) is 0 Å². The van der Waals surface area contributed by atoms with Crippen LogP contribution < -0.4 is 5.73 Å². The Labute approximate surface area is 131 Å². The van der Waals surface area contributed by atoms with Crippen molar-refractivity contribution in [3.8, 4) is 0 Å². The maximum absolute atomic E-state index is 11.5. The predicted octanol–water partition coefficient (Wildman–Crippen LogP) is 4.79. The van der Waals surface area contributed by atoms with Crippen molar-refractivity contribution in [2.45, 2.75) is 102 Å². The number of rotatable bonds is 4. The van der Waals surface area contributed by atoms with Crippen LogP contribution in [0.4, 0.5) is 0 Å².